The number of ether oxygens (including phenoxy) is 1. The smallest absolute Gasteiger partial charge is 0.124 e. The Hall–Kier alpha value is -0.540. The molecule has 2 N–H and O–H groups in total. The van der Waals surface area contributed by atoms with Crippen molar-refractivity contribution in [3.05, 3.63) is 28.2 Å². The van der Waals surface area contributed by atoms with Gasteiger partial charge in [-0.3, -0.25) is 0 Å². The predicted molar refractivity (Wildman–Crippen MR) is 65.0 cm³/mol. The number of benzene rings is 1. The summed E-state index contributed by atoms with van der Waals surface area (Å²) in [5.41, 5.74) is 7.26. The summed E-state index contributed by atoms with van der Waals surface area (Å²) in [5, 5.41) is 0. The highest BCUT2D eigenvalue weighted by molar-refractivity contribution is 9.10. The van der Waals surface area contributed by atoms with Crippen LogP contribution in [0, 0.1) is 0 Å². The molecule has 0 radical (unpaired) electrons. The maximum Gasteiger partial charge on any atom is 0.124 e. The summed E-state index contributed by atoms with van der Waals surface area (Å²) in [6, 6.07) is 6.17. The molecule has 0 aliphatic carbocycles. The summed E-state index contributed by atoms with van der Waals surface area (Å²) in [4.78, 5) is 0. The molecule has 1 aromatic rings. The molecule has 0 spiro atoms. The third kappa shape index (κ3) is 2.34. The van der Waals surface area contributed by atoms with E-state index >= 15 is 0 Å². The van der Waals surface area contributed by atoms with Crippen molar-refractivity contribution in [2.45, 2.75) is 38.3 Å². The minimum absolute atomic E-state index is 0.114. The molecular formula is C12H16BrNO. The fourth-order valence-corrected chi connectivity index (χ4v) is 2.43. The van der Waals surface area contributed by atoms with Crippen molar-refractivity contribution in [2.24, 2.45) is 5.73 Å². The zero-order chi connectivity index (χ0) is 10.8. The molecule has 1 aliphatic rings. The zero-order valence-electron chi connectivity index (χ0n) is 8.87. The molecule has 2 unspecified atom stereocenters. The standard InChI is InChI=1S/C12H16BrNO/c1-2-3-9-7-11(14)10-6-8(13)4-5-12(10)15-9/h4-6,9,11H,2-3,7,14H2,1H3. The molecule has 15 heavy (non-hydrogen) atoms. The maximum atomic E-state index is 6.14. The second-order valence-corrected chi connectivity index (χ2v) is 4.97. The first kappa shape index (κ1) is 11.0. The molecule has 0 saturated heterocycles. The number of halogens is 1. The molecule has 0 saturated carbocycles. The summed E-state index contributed by atoms with van der Waals surface area (Å²) >= 11 is 3.45. The van der Waals surface area contributed by atoms with Gasteiger partial charge in [0.1, 0.15) is 11.9 Å². The summed E-state index contributed by atoms with van der Waals surface area (Å²) in [5.74, 6) is 0.954. The van der Waals surface area contributed by atoms with E-state index in [1.807, 2.05) is 12.1 Å². The van der Waals surface area contributed by atoms with Gasteiger partial charge in [0.2, 0.25) is 0 Å². The largest absolute Gasteiger partial charge is 0.490 e. The van der Waals surface area contributed by atoms with E-state index in [9.17, 15) is 0 Å². The second kappa shape index (κ2) is 4.54. The van der Waals surface area contributed by atoms with Crippen LogP contribution in [0.4, 0.5) is 0 Å². The number of fused-ring (bicyclic) bond motifs is 1. The summed E-state index contributed by atoms with van der Waals surface area (Å²) in [6.45, 7) is 2.17. The van der Waals surface area contributed by atoms with Gasteiger partial charge in [-0.2, -0.15) is 0 Å². The van der Waals surface area contributed by atoms with Crippen LogP contribution in [0.1, 0.15) is 37.8 Å². The molecule has 2 atom stereocenters. The van der Waals surface area contributed by atoms with Crippen molar-refractivity contribution in [2.75, 3.05) is 0 Å². The van der Waals surface area contributed by atoms with E-state index in [2.05, 4.69) is 28.9 Å². The monoisotopic (exact) mass is 269 g/mol. The topological polar surface area (TPSA) is 35.2 Å². The van der Waals surface area contributed by atoms with E-state index < -0.39 is 0 Å². The van der Waals surface area contributed by atoms with Crippen LogP contribution < -0.4 is 10.5 Å². The van der Waals surface area contributed by atoms with Crippen LogP contribution in [0.3, 0.4) is 0 Å². The lowest BCUT2D eigenvalue weighted by molar-refractivity contribution is 0.149. The van der Waals surface area contributed by atoms with Crippen molar-refractivity contribution in [3.63, 3.8) is 0 Å². The first-order valence-corrected chi connectivity index (χ1v) is 6.21. The number of hydrogen-bond acceptors (Lipinski definition) is 2. The predicted octanol–water partition coefficient (Wildman–Crippen LogP) is 3.40. The Morgan fingerprint density at radius 3 is 3.07 bits per heavy atom. The molecule has 2 rings (SSSR count). The van der Waals surface area contributed by atoms with Gasteiger partial charge < -0.3 is 10.5 Å². The highest BCUT2D eigenvalue weighted by Crippen LogP contribution is 2.36. The van der Waals surface area contributed by atoms with Crippen LogP contribution in [-0.4, -0.2) is 6.10 Å². The van der Waals surface area contributed by atoms with E-state index in [0.29, 0.717) is 6.10 Å². The van der Waals surface area contributed by atoms with Crippen molar-refractivity contribution < 1.29 is 4.74 Å². The Bertz CT molecular complexity index is 353. The number of rotatable bonds is 2. The molecule has 0 aromatic heterocycles. The van der Waals surface area contributed by atoms with Crippen molar-refractivity contribution in [1.82, 2.24) is 0 Å². The van der Waals surface area contributed by atoms with Gasteiger partial charge in [0.25, 0.3) is 0 Å². The number of nitrogens with two attached hydrogens (primary N) is 1. The maximum absolute atomic E-state index is 6.14. The van der Waals surface area contributed by atoms with Crippen LogP contribution in [0.5, 0.6) is 5.75 Å². The van der Waals surface area contributed by atoms with Crippen LogP contribution in [-0.2, 0) is 0 Å². The van der Waals surface area contributed by atoms with Crippen LogP contribution >= 0.6 is 15.9 Å². The summed E-state index contributed by atoms with van der Waals surface area (Å²) in [7, 11) is 0. The lowest BCUT2D eigenvalue weighted by Gasteiger charge is -2.30. The molecule has 0 bridgehead atoms. The molecular weight excluding hydrogens is 254 g/mol. The Morgan fingerprint density at radius 2 is 2.33 bits per heavy atom. The lowest BCUT2D eigenvalue weighted by Crippen LogP contribution is -2.29. The second-order valence-electron chi connectivity index (χ2n) is 4.05. The van der Waals surface area contributed by atoms with Crippen molar-refractivity contribution in [1.29, 1.82) is 0 Å². The van der Waals surface area contributed by atoms with Gasteiger partial charge in [0, 0.05) is 22.5 Å². The van der Waals surface area contributed by atoms with Gasteiger partial charge in [-0.1, -0.05) is 29.3 Å². The Balaban J connectivity index is 2.24. The Morgan fingerprint density at radius 1 is 1.53 bits per heavy atom. The number of hydrogen-bond donors (Lipinski definition) is 1. The quantitative estimate of drug-likeness (QED) is 0.893. The minimum atomic E-state index is 0.114. The molecule has 1 heterocycles. The van der Waals surface area contributed by atoms with Crippen LogP contribution in [0.2, 0.25) is 0 Å². The Kier molecular flexibility index (Phi) is 3.32. The van der Waals surface area contributed by atoms with E-state index in [1.54, 1.807) is 0 Å². The third-order valence-corrected chi connectivity index (χ3v) is 3.29. The highest BCUT2D eigenvalue weighted by Gasteiger charge is 2.25. The highest BCUT2D eigenvalue weighted by atomic mass is 79.9. The molecule has 1 aliphatic heterocycles. The van der Waals surface area contributed by atoms with Gasteiger partial charge in [0.05, 0.1) is 0 Å². The van der Waals surface area contributed by atoms with Gasteiger partial charge in [-0.25, -0.2) is 0 Å². The fraction of sp³-hybridized carbons (Fsp3) is 0.500. The third-order valence-electron chi connectivity index (χ3n) is 2.79. The van der Waals surface area contributed by atoms with E-state index in [1.165, 1.54) is 0 Å². The molecule has 2 nitrogen and oxygen atoms in total. The lowest BCUT2D eigenvalue weighted by atomic mass is 9.95. The fourth-order valence-electron chi connectivity index (χ4n) is 2.05. The SMILES string of the molecule is CCCC1CC(N)c2cc(Br)ccc2O1. The van der Waals surface area contributed by atoms with Crippen molar-refractivity contribution >= 4 is 15.9 Å². The van der Waals surface area contributed by atoms with Gasteiger partial charge in [0.15, 0.2) is 0 Å². The van der Waals surface area contributed by atoms with E-state index in [-0.39, 0.29) is 6.04 Å². The average molecular weight is 270 g/mol. The first-order valence-electron chi connectivity index (χ1n) is 5.42. The van der Waals surface area contributed by atoms with E-state index in [0.717, 1.165) is 35.0 Å². The summed E-state index contributed by atoms with van der Waals surface area (Å²) in [6.07, 6.45) is 3.45. The van der Waals surface area contributed by atoms with Gasteiger partial charge >= 0.3 is 0 Å². The first-order chi connectivity index (χ1) is 7.20. The molecule has 0 fully saturated rings. The molecule has 82 valence electrons. The van der Waals surface area contributed by atoms with Gasteiger partial charge in [-0.15, -0.1) is 0 Å². The van der Waals surface area contributed by atoms with Crippen molar-refractivity contribution in [3.8, 4) is 5.75 Å². The summed E-state index contributed by atoms with van der Waals surface area (Å²) < 4.78 is 6.96. The zero-order valence-corrected chi connectivity index (χ0v) is 10.5. The molecule has 3 heteroatoms. The normalized spacial score (nSPS) is 24.5. The van der Waals surface area contributed by atoms with Crippen LogP contribution in [0.15, 0.2) is 22.7 Å². The molecule has 0 amide bonds. The minimum Gasteiger partial charge on any atom is -0.490 e. The average Bonchev–Trinajstić information content (AvgIpc) is 2.20. The van der Waals surface area contributed by atoms with Gasteiger partial charge in [-0.05, 0) is 24.6 Å². The molecule has 1 aromatic carbocycles. The van der Waals surface area contributed by atoms with Crippen LogP contribution in [0.25, 0.3) is 0 Å². The Labute approximate surface area is 98.9 Å². The van der Waals surface area contributed by atoms with E-state index in [4.69, 9.17) is 10.5 Å².